The lowest BCUT2D eigenvalue weighted by molar-refractivity contribution is 0.415. The molecule has 3 rings (SSSR count). The molecule has 0 radical (unpaired) electrons. The highest BCUT2D eigenvalue weighted by atomic mass is 127. The van der Waals surface area contributed by atoms with Gasteiger partial charge in [0.15, 0.2) is 11.8 Å². The van der Waals surface area contributed by atoms with Gasteiger partial charge in [-0.05, 0) is 30.2 Å². The van der Waals surface area contributed by atoms with Gasteiger partial charge in [-0.3, -0.25) is 14.8 Å². The number of halogens is 1. The van der Waals surface area contributed by atoms with Gasteiger partial charge in [0, 0.05) is 45.0 Å². The van der Waals surface area contributed by atoms with E-state index in [1.807, 2.05) is 43.0 Å². The fourth-order valence-electron chi connectivity index (χ4n) is 3.28. The lowest BCUT2D eigenvalue weighted by Crippen LogP contribution is -2.38. The number of aliphatic imine (C=N–C) groups is 1. The van der Waals surface area contributed by atoms with Gasteiger partial charge in [0.2, 0.25) is 0 Å². The molecule has 2 heterocycles. The molecule has 0 fully saturated rings. The van der Waals surface area contributed by atoms with Crippen LogP contribution in [0, 0.1) is 0 Å². The number of ether oxygens (including phenoxy) is 1. The number of hydrogen-bond donors (Lipinski definition) is 2. The van der Waals surface area contributed by atoms with Crippen molar-refractivity contribution < 1.29 is 4.74 Å². The van der Waals surface area contributed by atoms with Crippen LogP contribution in [-0.2, 0) is 20.1 Å². The van der Waals surface area contributed by atoms with Gasteiger partial charge in [-0.1, -0.05) is 13.8 Å². The Balaban J connectivity index is 0.00000341. The Kier molecular flexibility index (Phi) is 8.84. The fraction of sp³-hybridized carbons (Fsp3) is 0.429. The zero-order valence-corrected chi connectivity index (χ0v) is 21.2. The molecule has 0 unspecified atom stereocenters. The topological polar surface area (TPSA) is 96.2 Å². The summed E-state index contributed by atoms with van der Waals surface area (Å²) in [4.78, 5) is 11.0. The molecule has 0 atom stereocenters. The van der Waals surface area contributed by atoms with Gasteiger partial charge in [-0.15, -0.1) is 24.0 Å². The van der Waals surface area contributed by atoms with Gasteiger partial charge < -0.3 is 15.0 Å². The van der Waals surface area contributed by atoms with E-state index in [-0.39, 0.29) is 24.0 Å². The number of guanidine groups is 1. The molecule has 10 heteroatoms. The third kappa shape index (κ3) is 6.18. The Morgan fingerprint density at radius 1 is 1.29 bits per heavy atom. The summed E-state index contributed by atoms with van der Waals surface area (Å²) in [6, 6.07) is 7.66. The molecule has 0 spiro atoms. The van der Waals surface area contributed by atoms with Crippen molar-refractivity contribution in [3.8, 4) is 17.1 Å². The molecule has 2 aromatic heterocycles. The van der Waals surface area contributed by atoms with Crippen LogP contribution >= 0.6 is 24.0 Å². The highest BCUT2D eigenvalue weighted by Gasteiger charge is 2.15. The van der Waals surface area contributed by atoms with Crippen molar-refractivity contribution in [1.82, 2.24) is 35.2 Å². The molecule has 0 amide bonds. The van der Waals surface area contributed by atoms with Crippen LogP contribution in [0.2, 0.25) is 0 Å². The average molecular weight is 538 g/mol. The van der Waals surface area contributed by atoms with Gasteiger partial charge in [-0.2, -0.15) is 10.2 Å². The quantitative estimate of drug-likeness (QED) is 0.273. The van der Waals surface area contributed by atoms with Crippen LogP contribution in [0.4, 0.5) is 0 Å². The predicted molar refractivity (Wildman–Crippen MR) is 133 cm³/mol. The van der Waals surface area contributed by atoms with Gasteiger partial charge in [0.1, 0.15) is 11.6 Å². The number of benzene rings is 1. The molecule has 9 nitrogen and oxygen atoms in total. The molecule has 0 aliphatic heterocycles. The van der Waals surface area contributed by atoms with Crippen molar-refractivity contribution >= 4 is 29.9 Å². The maximum absolute atomic E-state index is 5.19. The zero-order chi connectivity index (χ0) is 21.7. The standard InChI is InChI=1S/C21H30N8O.HI/c1-14(2)19-16(13-29(5)27-19)12-28(4)21(22-3)23-11-18-24-20(26-25-18)15-7-9-17(30-6)10-8-15;/h7-10,13-14H,11-12H2,1-6H3,(H,22,23)(H,24,25,26);1H. The largest absolute Gasteiger partial charge is 0.497 e. The summed E-state index contributed by atoms with van der Waals surface area (Å²) in [5.74, 6) is 3.33. The van der Waals surface area contributed by atoms with Crippen LogP contribution in [-0.4, -0.2) is 57.0 Å². The first-order valence-electron chi connectivity index (χ1n) is 9.91. The minimum absolute atomic E-state index is 0. The van der Waals surface area contributed by atoms with E-state index >= 15 is 0 Å². The van der Waals surface area contributed by atoms with E-state index in [1.54, 1.807) is 14.2 Å². The lowest BCUT2D eigenvalue weighted by Gasteiger charge is -2.22. The van der Waals surface area contributed by atoms with Crippen molar-refractivity contribution in [2.75, 3.05) is 21.2 Å². The minimum atomic E-state index is 0. The first kappa shape index (κ1) is 24.6. The van der Waals surface area contributed by atoms with Crippen molar-refractivity contribution in [3.63, 3.8) is 0 Å². The molecule has 2 N–H and O–H groups in total. The monoisotopic (exact) mass is 538 g/mol. The van der Waals surface area contributed by atoms with E-state index in [1.165, 1.54) is 5.56 Å². The molecule has 1 aromatic carbocycles. The minimum Gasteiger partial charge on any atom is -0.497 e. The van der Waals surface area contributed by atoms with E-state index in [0.29, 0.717) is 24.8 Å². The Hall–Kier alpha value is -2.63. The van der Waals surface area contributed by atoms with Crippen molar-refractivity contribution in [3.05, 3.63) is 47.5 Å². The fourth-order valence-corrected chi connectivity index (χ4v) is 3.28. The Bertz CT molecular complexity index is 993. The molecule has 0 aliphatic rings. The van der Waals surface area contributed by atoms with Gasteiger partial charge in [0.25, 0.3) is 0 Å². The number of aromatic amines is 1. The molecule has 3 aromatic rings. The van der Waals surface area contributed by atoms with E-state index in [9.17, 15) is 0 Å². The molecule has 168 valence electrons. The van der Waals surface area contributed by atoms with Crippen LogP contribution in [0.3, 0.4) is 0 Å². The maximum atomic E-state index is 5.19. The number of nitrogens with zero attached hydrogens (tertiary/aromatic N) is 6. The van der Waals surface area contributed by atoms with E-state index in [4.69, 9.17) is 4.74 Å². The van der Waals surface area contributed by atoms with Crippen LogP contribution in [0.5, 0.6) is 5.75 Å². The first-order chi connectivity index (χ1) is 14.4. The third-order valence-electron chi connectivity index (χ3n) is 4.76. The Labute approximate surface area is 200 Å². The van der Waals surface area contributed by atoms with Crippen molar-refractivity contribution in [2.24, 2.45) is 12.0 Å². The van der Waals surface area contributed by atoms with Crippen LogP contribution in [0.15, 0.2) is 35.5 Å². The maximum Gasteiger partial charge on any atom is 0.194 e. The number of aromatic nitrogens is 5. The summed E-state index contributed by atoms with van der Waals surface area (Å²) in [5.41, 5.74) is 3.23. The van der Waals surface area contributed by atoms with Crippen molar-refractivity contribution in [2.45, 2.75) is 32.9 Å². The molecule has 31 heavy (non-hydrogen) atoms. The number of methoxy groups -OCH3 is 1. The molecule has 0 bridgehead atoms. The number of nitrogens with one attached hydrogen (secondary N) is 2. The van der Waals surface area contributed by atoms with Crippen LogP contribution in [0.1, 0.15) is 36.8 Å². The summed E-state index contributed by atoms with van der Waals surface area (Å²) < 4.78 is 7.06. The SMILES string of the molecule is CN=C(NCc1nc(-c2ccc(OC)cc2)n[nH]1)N(C)Cc1cn(C)nc1C(C)C.I. The molecular formula is C21H31IN8O. The zero-order valence-electron chi connectivity index (χ0n) is 18.9. The third-order valence-corrected chi connectivity index (χ3v) is 4.76. The van der Waals surface area contributed by atoms with Crippen molar-refractivity contribution in [1.29, 1.82) is 0 Å². The summed E-state index contributed by atoms with van der Waals surface area (Å²) in [6.07, 6.45) is 2.07. The second-order valence-electron chi connectivity index (χ2n) is 7.46. The number of rotatable bonds is 7. The second-order valence-corrected chi connectivity index (χ2v) is 7.46. The first-order valence-corrected chi connectivity index (χ1v) is 9.91. The average Bonchev–Trinajstić information content (AvgIpc) is 3.35. The molecule has 0 saturated carbocycles. The molecular weight excluding hydrogens is 507 g/mol. The van der Waals surface area contributed by atoms with Crippen LogP contribution in [0.25, 0.3) is 11.4 Å². The smallest absolute Gasteiger partial charge is 0.194 e. The summed E-state index contributed by atoms with van der Waals surface area (Å²) in [7, 11) is 7.38. The number of hydrogen-bond acceptors (Lipinski definition) is 5. The van der Waals surface area contributed by atoms with Gasteiger partial charge in [-0.25, -0.2) is 4.98 Å². The molecule has 0 aliphatic carbocycles. The Morgan fingerprint density at radius 2 is 2.00 bits per heavy atom. The lowest BCUT2D eigenvalue weighted by atomic mass is 10.1. The van der Waals surface area contributed by atoms with E-state index < -0.39 is 0 Å². The van der Waals surface area contributed by atoms with Crippen LogP contribution < -0.4 is 10.1 Å². The predicted octanol–water partition coefficient (Wildman–Crippen LogP) is 3.16. The second kappa shape index (κ2) is 11.1. The number of aryl methyl sites for hydroxylation is 1. The number of H-pyrrole nitrogens is 1. The van der Waals surface area contributed by atoms with E-state index in [2.05, 4.69) is 55.5 Å². The normalized spacial score (nSPS) is 11.4. The highest BCUT2D eigenvalue weighted by molar-refractivity contribution is 14.0. The van der Waals surface area contributed by atoms with Gasteiger partial charge >= 0.3 is 0 Å². The molecule has 0 saturated heterocycles. The van der Waals surface area contributed by atoms with Gasteiger partial charge in [0.05, 0.1) is 19.3 Å². The summed E-state index contributed by atoms with van der Waals surface area (Å²) in [5, 5.41) is 15.2. The van der Waals surface area contributed by atoms with E-state index in [0.717, 1.165) is 28.8 Å². The Morgan fingerprint density at radius 3 is 2.61 bits per heavy atom. The summed E-state index contributed by atoms with van der Waals surface area (Å²) >= 11 is 0. The highest BCUT2D eigenvalue weighted by Crippen LogP contribution is 2.20. The summed E-state index contributed by atoms with van der Waals surface area (Å²) in [6.45, 7) is 5.52.